The van der Waals surface area contributed by atoms with Crippen molar-refractivity contribution in [2.24, 2.45) is 0 Å². The molecule has 0 saturated heterocycles. The van der Waals surface area contributed by atoms with Gasteiger partial charge >= 0.3 is 11.8 Å². The molecule has 126 valence electrons. The summed E-state index contributed by atoms with van der Waals surface area (Å²) in [5, 5.41) is 5.25. The van der Waals surface area contributed by atoms with Gasteiger partial charge in [-0.25, -0.2) is 0 Å². The van der Waals surface area contributed by atoms with Gasteiger partial charge in [-0.3, -0.25) is 9.59 Å². The van der Waals surface area contributed by atoms with Crippen molar-refractivity contribution < 1.29 is 9.59 Å². The molecule has 0 aliphatic rings. The van der Waals surface area contributed by atoms with Crippen molar-refractivity contribution in [3.63, 3.8) is 0 Å². The first kappa shape index (κ1) is 17.5. The van der Waals surface area contributed by atoms with E-state index in [9.17, 15) is 9.59 Å². The normalized spacial score (nSPS) is 11.6. The number of benzene rings is 2. The molecule has 5 heteroatoms. The Kier molecular flexibility index (Phi) is 5.58. The molecule has 0 saturated carbocycles. The van der Waals surface area contributed by atoms with Crippen LogP contribution in [0.2, 0.25) is 0 Å². The van der Waals surface area contributed by atoms with Crippen LogP contribution in [0.3, 0.4) is 0 Å². The van der Waals surface area contributed by atoms with Crippen molar-refractivity contribution in [2.75, 3.05) is 16.4 Å². The largest absolute Gasteiger partial charge is 0.397 e. The number of nitrogens with two attached hydrogens (primary N) is 1. The number of carbonyl (C=O) groups excluding carboxylic acids is 2. The molecule has 0 fully saturated rings. The monoisotopic (exact) mass is 325 g/mol. The van der Waals surface area contributed by atoms with Gasteiger partial charge in [-0.05, 0) is 48.6 Å². The highest BCUT2D eigenvalue weighted by atomic mass is 16.2. The van der Waals surface area contributed by atoms with Gasteiger partial charge in [0.25, 0.3) is 0 Å². The Morgan fingerprint density at radius 2 is 1.67 bits per heavy atom. The maximum absolute atomic E-state index is 12.2. The zero-order valence-corrected chi connectivity index (χ0v) is 14.2. The fourth-order valence-corrected chi connectivity index (χ4v) is 2.40. The number of hydrogen-bond acceptors (Lipinski definition) is 3. The van der Waals surface area contributed by atoms with Crippen molar-refractivity contribution in [1.29, 1.82) is 0 Å². The second kappa shape index (κ2) is 7.64. The summed E-state index contributed by atoms with van der Waals surface area (Å²) >= 11 is 0. The molecule has 2 aromatic rings. The average Bonchev–Trinajstić information content (AvgIpc) is 2.57. The van der Waals surface area contributed by atoms with E-state index in [0.29, 0.717) is 17.1 Å². The molecule has 2 amide bonds. The zero-order valence-electron chi connectivity index (χ0n) is 14.2. The highest BCUT2D eigenvalue weighted by molar-refractivity contribution is 6.44. The highest BCUT2D eigenvalue weighted by Crippen LogP contribution is 2.26. The third-order valence-electron chi connectivity index (χ3n) is 4.02. The van der Waals surface area contributed by atoms with E-state index in [0.717, 1.165) is 17.5 Å². The smallest absolute Gasteiger partial charge is 0.314 e. The molecule has 1 atom stereocenters. The van der Waals surface area contributed by atoms with Crippen molar-refractivity contribution in [3.05, 3.63) is 53.6 Å². The van der Waals surface area contributed by atoms with E-state index in [-0.39, 0.29) is 5.92 Å². The first-order valence-corrected chi connectivity index (χ1v) is 7.99. The topological polar surface area (TPSA) is 84.2 Å². The van der Waals surface area contributed by atoms with Gasteiger partial charge < -0.3 is 16.4 Å². The standard InChI is InChI=1S/C19H23N3O2/c1-4-13(3)14-7-5-6-8-16(14)21-18(23)19(24)22-17-11-12(2)9-10-15(17)20/h5-11,13H,4,20H2,1-3H3,(H,21,23)(H,22,24). The third-order valence-corrected chi connectivity index (χ3v) is 4.02. The summed E-state index contributed by atoms with van der Waals surface area (Å²) in [6, 6.07) is 12.8. The molecule has 0 heterocycles. The molecule has 1 unspecified atom stereocenters. The maximum atomic E-state index is 12.2. The molecular weight excluding hydrogens is 302 g/mol. The predicted octanol–water partition coefficient (Wildman–Crippen LogP) is 3.67. The molecule has 0 bridgehead atoms. The van der Waals surface area contributed by atoms with E-state index < -0.39 is 11.8 Å². The molecule has 4 N–H and O–H groups in total. The Morgan fingerprint density at radius 3 is 2.33 bits per heavy atom. The average molecular weight is 325 g/mol. The van der Waals surface area contributed by atoms with Crippen molar-refractivity contribution in [1.82, 2.24) is 0 Å². The molecule has 0 aliphatic carbocycles. The number of rotatable bonds is 4. The Hall–Kier alpha value is -2.82. The summed E-state index contributed by atoms with van der Waals surface area (Å²) in [5.41, 5.74) is 9.29. The highest BCUT2D eigenvalue weighted by Gasteiger charge is 2.17. The number of amides is 2. The summed E-state index contributed by atoms with van der Waals surface area (Å²) in [5.74, 6) is -1.17. The molecule has 2 rings (SSSR count). The molecule has 24 heavy (non-hydrogen) atoms. The Morgan fingerprint density at radius 1 is 1.04 bits per heavy atom. The van der Waals surface area contributed by atoms with Crippen LogP contribution in [0.1, 0.15) is 37.3 Å². The van der Waals surface area contributed by atoms with E-state index in [1.165, 1.54) is 0 Å². The second-order valence-electron chi connectivity index (χ2n) is 5.90. The van der Waals surface area contributed by atoms with Gasteiger partial charge in [-0.15, -0.1) is 0 Å². The summed E-state index contributed by atoms with van der Waals surface area (Å²) in [4.78, 5) is 24.4. The molecule has 0 radical (unpaired) electrons. The summed E-state index contributed by atoms with van der Waals surface area (Å²) in [7, 11) is 0. The van der Waals surface area contributed by atoms with Crippen LogP contribution in [0.4, 0.5) is 17.1 Å². The molecule has 2 aromatic carbocycles. The minimum Gasteiger partial charge on any atom is -0.397 e. The van der Waals surface area contributed by atoms with Crippen molar-refractivity contribution in [3.8, 4) is 0 Å². The Balaban J connectivity index is 2.13. The SMILES string of the molecule is CCC(C)c1ccccc1NC(=O)C(=O)Nc1cc(C)ccc1N. The Bertz CT molecular complexity index is 756. The van der Waals surface area contributed by atoms with Crippen LogP contribution in [-0.4, -0.2) is 11.8 Å². The van der Waals surface area contributed by atoms with Crippen molar-refractivity contribution in [2.45, 2.75) is 33.1 Å². The van der Waals surface area contributed by atoms with E-state index in [4.69, 9.17) is 5.73 Å². The summed E-state index contributed by atoms with van der Waals surface area (Å²) < 4.78 is 0. The van der Waals surface area contributed by atoms with Gasteiger partial charge in [0.1, 0.15) is 0 Å². The van der Waals surface area contributed by atoms with Gasteiger partial charge in [0.2, 0.25) is 0 Å². The minimum absolute atomic E-state index is 0.289. The first-order chi connectivity index (χ1) is 11.4. The second-order valence-corrected chi connectivity index (χ2v) is 5.90. The van der Waals surface area contributed by atoms with Gasteiger partial charge in [0.05, 0.1) is 11.4 Å². The maximum Gasteiger partial charge on any atom is 0.314 e. The lowest BCUT2D eigenvalue weighted by Gasteiger charge is -2.15. The molecule has 0 aromatic heterocycles. The number of nitrogen functional groups attached to an aromatic ring is 1. The van der Waals surface area contributed by atoms with E-state index >= 15 is 0 Å². The zero-order chi connectivity index (χ0) is 17.7. The van der Waals surface area contributed by atoms with Crippen LogP contribution in [-0.2, 0) is 9.59 Å². The van der Waals surface area contributed by atoms with Crippen LogP contribution >= 0.6 is 0 Å². The Labute approximate surface area is 142 Å². The number of anilines is 3. The predicted molar refractivity (Wildman–Crippen MR) is 98.0 cm³/mol. The number of carbonyl (C=O) groups is 2. The minimum atomic E-state index is -0.744. The lowest BCUT2D eigenvalue weighted by molar-refractivity contribution is -0.133. The quantitative estimate of drug-likeness (QED) is 0.592. The van der Waals surface area contributed by atoms with Crippen LogP contribution in [0.15, 0.2) is 42.5 Å². The van der Waals surface area contributed by atoms with Gasteiger partial charge in [-0.2, -0.15) is 0 Å². The fourth-order valence-electron chi connectivity index (χ4n) is 2.40. The van der Waals surface area contributed by atoms with Crippen LogP contribution in [0, 0.1) is 6.92 Å². The van der Waals surface area contributed by atoms with E-state index in [1.807, 2.05) is 31.2 Å². The number of nitrogens with one attached hydrogen (secondary N) is 2. The van der Waals surface area contributed by atoms with Crippen molar-refractivity contribution >= 4 is 28.9 Å². The number of hydrogen-bond donors (Lipinski definition) is 3. The first-order valence-electron chi connectivity index (χ1n) is 7.99. The molecule has 0 spiro atoms. The third kappa shape index (κ3) is 4.13. The van der Waals surface area contributed by atoms with Crippen LogP contribution in [0.25, 0.3) is 0 Å². The number of para-hydroxylation sites is 1. The van der Waals surface area contributed by atoms with E-state index in [2.05, 4.69) is 24.5 Å². The van der Waals surface area contributed by atoms with Gasteiger partial charge in [0.15, 0.2) is 0 Å². The molecule has 0 aliphatic heterocycles. The lowest BCUT2D eigenvalue weighted by atomic mass is 9.97. The molecule has 5 nitrogen and oxygen atoms in total. The van der Waals surface area contributed by atoms with Crippen LogP contribution in [0.5, 0.6) is 0 Å². The summed E-state index contributed by atoms with van der Waals surface area (Å²) in [6.07, 6.45) is 0.943. The van der Waals surface area contributed by atoms with E-state index in [1.54, 1.807) is 18.2 Å². The number of aryl methyl sites for hydroxylation is 1. The lowest BCUT2D eigenvalue weighted by Crippen LogP contribution is -2.29. The van der Waals surface area contributed by atoms with Gasteiger partial charge in [0, 0.05) is 5.69 Å². The van der Waals surface area contributed by atoms with Gasteiger partial charge in [-0.1, -0.05) is 38.1 Å². The van der Waals surface area contributed by atoms with Crippen LogP contribution < -0.4 is 16.4 Å². The molecular formula is C19H23N3O2. The fraction of sp³-hybridized carbons (Fsp3) is 0.263. The summed E-state index contributed by atoms with van der Waals surface area (Å²) in [6.45, 7) is 6.05.